The van der Waals surface area contributed by atoms with E-state index in [1.54, 1.807) is 12.1 Å². The molecule has 0 amide bonds. The van der Waals surface area contributed by atoms with Gasteiger partial charge in [-0.05, 0) is 30.3 Å². The molecule has 0 fully saturated rings. The van der Waals surface area contributed by atoms with Crippen LogP contribution in [0.15, 0.2) is 47.5 Å². The quantitative estimate of drug-likeness (QED) is 0.826. The maximum atomic E-state index is 12.2. The smallest absolute Gasteiger partial charge is 0.341 e. The highest BCUT2D eigenvalue weighted by molar-refractivity contribution is 7.92. The summed E-state index contributed by atoms with van der Waals surface area (Å²) in [5.74, 6) is -1.05. The van der Waals surface area contributed by atoms with Crippen LogP contribution in [0, 0.1) is 0 Å². The fourth-order valence-corrected chi connectivity index (χ4v) is 2.61. The van der Waals surface area contributed by atoms with Crippen LogP contribution in [-0.4, -0.2) is 31.6 Å². The maximum Gasteiger partial charge on any atom is 0.341 e. The SMILES string of the molecule is COC(=O)c1cc(S(=O)(=O)Nc2ccccn2)ccc1O. The van der Waals surface area contributed by atoms with Crippen molar-refractivity contribution >= 4 is 21.8 Å². The van der Waals surface area contributed by atoms with Gasteiger partial charge < -0.3 is 9.84 Å². The Balaban J connectivity index is 2.39. The molecule has 8 heteroatoms. The summed E-state index contributed by atoms with van der Waals surface area (Å²) in [7, 11) is -2.79. The number of phenolic OH excluding ortho intramolecular Hbond substituents is 1. The van der Waals surface area contributed by atoms with Gasteiger partial charge in [0, 0.05) is 6.20 Å². The van der Waals surface area contributed by atoms with E-state index in [2.05, 4.69) is 14.4 Å². The average Bonchev–Trinajstić information content (AvgIpc) is 2.47. The van der Waals surface area contributed by atoms with Gasteiger partial charge in [-0.25, -0.2) is 18.2 Å². The van der Waals surface area contributed by atoms with Gasteiger partial charge in [-0.3, -0.25) is 4.72 Å². The number of anilines is 1. The van der Waals surface area contributed by atoms with Gasteiger partial charge in [0.25, 0.3) is 10.0 Å². The molecule has 21 heavy (non-hydrogen) atoms. The Morgan fingerprint density at radius 2 is 2.05 bits per heavy atom. The molecule has 2 aromatic rings. The van der Waals surface area contributed by atoms with E-state index in [0.717, 1.165) is 19.2 Å². The van der Waals surface area contributed by atoms with Crippen LogP contribution in [0.1, 0.15) is 10.4 Å². The van der Waals surface area contributed by atoms with E-state index in [0.29, 0.717) is 0 Å². The number of nitrogens with zero attached hydrogens (tertiary/aromatic N) is 1. The number of phenols is 1. The molecular weight excluding hydrogens is 296 g/mol. The Hall–Kier alpha value is -2.61. The lowest BCUT2D eigenvalue weighted by Crippen LogP contribution is -2.14. The van der Waals surface area contributed by atoms with Crippen molar-refractivity contribution in [2.24, 2.45) is 0 Å². The number of nitrogens with one attached hydrogen (secondary N) is 1. The van der Waals surface area contributed by atoms with Gasteiger partial charge in [-0.15, -0.1) is 0 Å². The molecule has 1 aromatic heterocycles. The van der Waals surface area contributed by atoms with E-state index < -0.39 is 16.0 Å². The van der Waals surface area contributed by atoms with Crippen molar-refractivity contribution in [3.63, 3.8) is 0 Å². The van der Waals surface area contributed by atoms with Crippen LogP contribution in [0.2, 0.25) is 0 Å². The molecule has 0 radical (unpaired) electrons. The van der Waals surface area contributed by atoms with Gasteiger partial charge in [-0.1, -0.05) is 6.07 Å². The van der Waals surface area contributed by atoms with Crippen LogP contribution in [0.5, 0.6) is 5.75 Å². The van der Waals surface area contributed by atoms with Crippen molar-refractivity contribution in [3.8, 4) is 5.75 Å². The number of methoxy groups -OCH3 is 1. The highest BCUT2D eigenvalue weighted by Gasteiger charge is 2.20. The van der Waals surface area contributed by atoms with Gasteiger partial charge in [0.2, 0.25) is 0 Å². The number of pyridine rings is 1. The molecule has 0 aliphatic carbocycles. The lowest BCUT2D eigenvalue weighted by molar-refractivity contribution is 0.0597. The highest BCUT2D eigenvalue weighted by Crippen LogP contribution is 2.23. The topological polar surface area (TPSA) is 106 Å². The normalized spacial score (nSPS) is 10.9. The van der Waals surface area contributed by atoms with Gasteiger partial charge in [-0.2, -0.15) is 0 Å². The minimum Gasteiger partial charge on any atom is -0.507 e. The predicted molar refractivity (Wildman–Crippen MR) is 74.5 cm³/mol. The molecule has 0 aliphatic rings. The summed E-state index contributed by atoms with van der Waals surface area (Å²) in [6.07, 6.45) is 1.44. The van der Waals surface area contributed by atoms with Crippen molar-refractivity contribution in [2.75, 3.05) is 11.8 Å². The van der Waals surface area contributed by atoms with Crippen molar-refractivity contribution in [2.45, 2.75) is 4.90 Å². The zero-order valence-electron chi connectivity index (χ0n) is 11.0. The first kappa shape index (κ1) is 14.8. The first-order chi connectivity index (χ1) is 9.94. The Kier molecular flexibility index (Phi) is 4.08. The second kappa shape index (κ2) is 5.80. The largest absolute Gasteiger partial charge is 0.507 e. The van der Waals surface area contributed by atoms with Gasteiger partial charge in [0.05, 0.1) is 12.0 Å². The van der Waals surface area contributed by atoms with Gasteiger partial charge >= 0.3 is 5.97 Å². The maximum absolute atomic E-state index is 12.2. The Labute approximate surface area is 121 Å². The molecule has 1 aromatic carbocycles. The van der Waals surface area contributed by atoms with E-state index in [-0.39, 0.29) is 22.0 Å². The molecule has 2 N–H and O–H groups in total. The van der Waals surface area contributed by atoms with Crippen LogP contribution >= 0.6 is 0 Å². The second-order valence-electron chi connectivity index (χ2n) is 3.99. The first-order valence-corrected chi connectivity index (χ1v) is 7.27. The summed E-state index contributed by atoms with van der Waals surface area (Å²) in [6, 6.07) is 8.08. The van der Waals surface area contributed by atoms with E-state index >= 15 is 0 Å². The molecule has 0 unspecified atom stereocenters. The molecule has 2 rings (SSSR count). The number of aromatic nitrogens is 1. The molecule has 0 bridgehead atoms. The molecule has 110 valence electrons. The summed E-state index contributed by atoms with van der Waals surface area (Å²) < 4.78 is 31.1. The van der Waals surface area contributed by atoms with Crippen LogP contribution in [0.4, 0.5) is 5.82 Å². The van der Waals surface area contributed by atoms with Crippen LogP contribution in [0.25, 0.3) is 0 Å². The third-order valence-corrected chi connectivity index (χ3v) is 3.94. The monoisotopic (exact) mass is 308 g/mol. The van der Waals surface area contributed by atoms with Crippen molar-refractivity contribution in [3.05, 3.63) is 48.2 Å². The number of carbonyl (C=O) groups excluding carboxylic acids is 1. The minimum atomic E-state index is -3.93. The summed E-state index contributed by atoms with van der Waals surface area (Å²) in [5, 5.41) is 9.56. The number of benzene rings is 1. The number of hydrogen-bond donors (Lipinski definition) is 2. The zero-order valence-corrected chi connectivity index (χ0v) is 11.8. The van der Waals surface area contributed by atoms with E-state index in [4.69, 9.17) is 0 Å². The summed E-state index contributed by atoms with van der Waals surface area (Å²) in [6.45, 7) is 0. The molecular formula is C13H12N2O5S. The predicted octanol–water partition coefficient (Wildman–Crippen LogP) is 1.37. The number of carbonyl (C=O) groups is 1. The van der Waals surface area contributed by atoms with Crippen LogP contribution in [-0.2, 0) is 14.8 Å². The molecule has 0 aliphatic heterocycles. The van der Waals surface area contributed by atoms with Crippen LogP contribution in [0.3, 0.4) is 0 Å². The molecule has 0 spiro atoms. The molecule has 1 heterocycles. The molecule has 0 atom stereocenters. The molecule has 0 saturated carbocycles. The Morgan fingerprint density at radius 1 is 1.29 bits per heavy atom. The summed E-state index contributed by atoms with van der Waals surface area (Å²) in [4.78, 5) is 15.1. The lowest BCUT2D eigenvalue weighted by Gasteiger charge is -2.09. The number of hydrogen-bond acceptors (Lipinski definition) is 6. The van der Waals surface area contributed by atoms with Crippen molar-refractivity contribution in [1.82, 2.24) is 4.98 Å². The number of ether oxygens (including phenoxy) is 1. The fourth-order valence-electron chi connectivity index (χ4n) is 1.58. The zero-order chi connectivity index (χ0) is 15.5. The van der Waals surface area contributed by atoms with E-state index in [1.165, 1.54) is 18.3 Å². The average molecular weight is 308 g/mol. The van der Waals surface area contributed by atoms with Crippen molar-refractivity contribution < 1.29 is 23.1 Å². The Morgan fingerprint density at radius 3 is 2.67 bits per heavy atom. The molecule has 7 nitrogen and oxygen atoms in total. The number of esters is 1. The number of rotatable bonds is 4. The Bertz CT molecular complexity index is 759. The number of aromatic hydroxyl groups is 1. The first-order valence-electron chi connectivity index (χ1n) is 5.79. The number of sulfonamides is 1. The lowest BCUT2D eigenvalue weighted by atomic mass is 10.2. The highest BCUT2D eigenvalue weighted by atomic mass is 32.2. The summed E-state index contributed by atoms with van der Waals surface area (Å²) in [5.41, 5.74) is -0.235. The van der Waals surface area contributed by atoms with Crippen LogP contribution < -0.4 is 4.72 Å². The van der Waals surface area contributed by atoms with E-state index in [9.17, 15) is 18.3 Å². The third-order valence-electron chi connectivity index (χ3n) is 2.59. The summed E-state index contributed by atoms with van der Waals surface area (Å²) >= 11 is 0. The van der Waals surface area contributed by atoms with Gasteiger partial charge in [0.1, 0.15) is 17.1 Å². The standard InChI is InChI=1S/C13H12N2O5S/c1-20-13(17)10-8-9(5-6-11(10)16)21(18,19)15-12-4-2-3-7-14-12/h2-8,16H,1H3,(H,14,15). The molecule has 0 saturated heterocycles. The minimum absolute atomic E-state index is 0.144. The second-order valence-corrected chi connectivity index (χ2v) is 5.67. The third kappa shape index (κ3) is 3.29. The fraction of sp³-hybridized carbons (Fsp3) is 0.0769. The van der Waals surface area contributed by atoms with Gasteiger partial charge in [0.15, 0.2) is 0 Å². The van der Waals surface area contributed by atoms with E-state index in [1.807, 2.05) is 0 Å². The van der Waals surface area contributed by atoms with Crippen molar-refractivity contribution in [1.29, 1.82) is 0 Å².